The fourth-order valence-electron chi connectivity index (χ4n) is 6.69. The normalized spacial score (nSPS) is 14.1. The van der Waals surface area contributed by atoms with Crippen LogP contribution in [0, 0.1) is 24.6 Å². The lowest BCUT2D eigenvalue weighted by atomic mass is 9.95. The number of aliphatic hydroxyl groups excluding tert-OH is 1. The Morgan fingerprint density at radius 2 is 1.63 bits per heavy atom. The fourth-order valence-corrected chi connectivity index (χ4v) is 7.04. The first kappa shape index (κ1) is 56.3. The quantitative estimate of drug-likeness (QED) is 0.138. The van der Waals surface area contributed by atoms with Crippen LogP contribution in [0.15, 0.2) is 60.6 Å². The molecule has 12 heteroatoms. The van der Waals surface area contributed by atoms with E-state index in [1.807, 2.05) is 47.6 Å². The first-order chi connectivity index (χ1) is 30.1. The van der Waals surface area contributed by atoms with E-state index in [0.29, 0.717) is 52.4 Å². The number of halogens is 2. The predicted molar refractivity (Wildman–Crippen MR) is 260 cm³/mol. The molecule has 3 aromatic rings. The maximum Gasteiger partial charge on any atom is 0.266 e. The number of likely N-dealkylation sites (N-methyl/N-ethyl adjacent to an activating group) is 1. The van der Waals surface area contributed by atoms with Crippen LogP contribution < -0.4 is 15.4 Å². The van der Waals surface area contributed by atoms with Gasteiger partial charge in [0.05, 0.1) is 17.8 Å². The number of rotatable bonds is 14. The Kier molecular flexibility index (Phi) is 25.8. The van der Waals surface area contributed by atoms with Crippen LogP contribution >= 0.6 is 11.6 Å². The van der Waals surface area contributed by atoms with E-state index in [9.17, 15) is 14.4 Å². The highest BCUT2D eigenvalue weighted by Crippen LogP contribution is 2.42. The van der Waals surface area contributed by atoms with Crippen molar-refractivity contribution in [2.24, 2.45) is 11.8 Å². The minimum atomic E-state index is -0.582. The van der Waals surface area contributed by atoms with E-state index in [1.54, 1.807) is 57.3 Å². The summed E-state index contributed by atoms with van der Waals surface area (Å²) in [6.07, 6.45) is 10.7. The molecule has 1 aromatic heterocycles. The van der Waals surface area contributed by atoms with Crippen molar-refractivity contribution >= 4 is 35.0 Å². The summed E-state index contributed by atoms with van der Waals surface area (Å²) in [5.41, 5.74) is 5.15. The first-order valence-corrected chi connectivity index (χ1v) is 23.3. The molecule has 0 saturated heterocycles. The minimum Gasteiger partial charge on any atom is -0.481 e. The van der Waals surface area contributed by atoms with Gasteiger partial charge in [0.1, 0.15) is 17.2 Å². The van der Waals surface area contributed by atoms with Gasteiger partial charge in [0.15, 0.2) is 0 Å². The lowest BCUT2D eigenvalue weighted by Crippen LogP contribution is -2.41. The molecular weight excluding hydrogens is 817 g/mol. The Balaban J connectivity index is 0.000000691. The Morgan fingerprint density at radius 3 is 2.21 bits per heavy atom. The molecule has 10 nitrogen and oxygen atoms in total. The van der Waals surface area contributed by atoms with Crippen LogP contribution in [-0.2, 0) is 27.2 Å². The molecule has 3 unspecified atom stereocenters. The Morgan fingerprint density at radius 1 is 0.984 bits per heavy atom. The van der Waals surface area contributed by atoms with E-state index in [4.69, 9.17) is 21.4 Å². The van der Waals surface area contributed by atoms with Crippen molar-refractivity contribution in [1.82, 2.24) is 20.1 Å². The second kappa shape index (κ2) is 28.8. The van der Waals surface area contributed by atoms with Gasteiger partial charge in [-0.2, -0.15) is 0 Å². The lowest BCUT2D eigenvalue weighted by Gasteiger charge is -2.31. The van der Waals surface area contributed by atoms with Crippen molar-refractivity contribution in [3.05, 3.63) is 88.1 Å². The third kappa shape index (κ3) is 15.5. The van der Waals surface area contributed by atoms with Gasteiger partial charge in [-0.1, -0.05) is 106 Å². The average molecular weight is 895 g/mol. The van der Waals surface area contributed by atoms with Crippen LogP contribution in [0.5, 0.6) is 5.88 Å². The number of carbonyl (C=O) groups is 3. The molecule has 5 rings (SSSR count). The van der Waals surface area contributed by atoms with Crippen LogP contribution in [0.3, 0.4) is 0 Å². The number of hydrogen-bond donors (Lipinski definition) is 3. The van der Waals surface area contributed by atoms with Gasteiger partial charge in [0.2, 0.25) is 11.8 Å². The maximum atomic E-state index is 15.3. The number of methoxy groups -OCH3 is 1. The zero-order valence-electron chi connectivity index (χ0n) is 40.7. The van der Waals surface area contributed by atoms with Crippen LogP contribution in [0.25, 0.3) is 22.4 Å². The highest BCUT2D eigenvalue weighted by atomic mass is 35.5. The molecule has 0 saturated carbocycles. The highest BCUT2D eigenvalue weighted by molar-refractivity contribution is 6.36. The summed E-state index contributed by atoms with van der Waals surface area (Å²) in [5.74, 6) is 0.607. The molecule has 350 valence electrons. The highest BCUT2D eigenvalue weighted by Gasteiger charge is 2.30. The van der Waals surface area contributed by atoms with Crippen LogP contribution in [0.4, 0.5) is 10.1 Å². The zero-order valence-corrected chi connectivity index (χ0v) is 41.5. The second-order valence-electron chi connectivity index (χ2n) is 15.4. The maximum absolute atomic E-state index is 15.3. The monoisotopic (exact) mass is 894 g/mol. The van der Waals surface area contributed by atoms with Crippen molar-refractivity contribution < 1.29 is 28.6 Å². The Bertz CT molecular complexity index is 1980. The molecule has 3 N–H and O–H groups in total. The van der Waals surface area contributed by atoms with Crippen LogP contribution in [0.1, 0.15) is 131 Å². The summed E-state index contributed by atoms with van der Waals surface area (Å²) in [6.45, 7) is 26.6. The van der Waals surface area contributed by atoms with Gasteiger partial charge < -0.3 is 25.4 Å². The summed E-state index contributed by atoms with van der Waals surface area (Å²) in [6, 6.07) is 10.5. The zero-order chi connectivity index (χ0) is 48.0. The van der Waals surface area contributed by atoms with Crippen molar-refractivity contribution in [2.45, 2.75) is 140 Å². The number of aryl methyl sites for hydroxylation is 1. The number of benzene rings is 2. The molecule has 3 amide bonds. The second-order valence-corrected chi connectivity index (χ2v) is 15.8. The number of nitrogens with one attached hydrogen (secondary N) is 2. The third-order valence-electron chi connectivity index (χ3n) is 11.2. The van der Waals surface area contributed by atoms with Crippen molar-refractivity contribution in [2.75, 3.05) is 33.1 Å². The average Bonchev–Trinajstić information content (AvgIpc) is 3.79. The summed E-state index contributed by atoms with van der Waals surface area (Å²) in [4.78, 5) is 45.1. The Hall–Kier alpha value is -4.74. The van der Waals surface area contributed by atoms with E-state index >= 15 is 4.39 Å². The van der Waals surface area contributed by atoms with Crippen LogP contribution in [-0.4, -0.2) is 71.5 Å². The molecule has 0 radical (unpaired) electrons. The molecule has 3 atom stereocenters. The van der Waals surface area contributed by atoms with Gasteiger partial charge in [-0.15, -0.1) is 0 Å². The van der Waals surface area contributed by atoms with Crippen molar-refractivity contribution in [3.63, 3.8) is 0 Å². The number of fused-ring (bicyclic) bond motifs is 1. The minimum absolute atomic E-state index is 0.0416. The molecule has 2 heterocycles. The largest absolute Gasteiger partial charge is 0.481 e. The summed E-state index contributed by atoms with van der Waals surface area (Å²) in [5, 5.41) is 14.0. The number of anilines is 1. The molecular formula is C51H77ClFN5O5. The number of aliphatic hydroxyl groups is 1. The molecule has 1 aliphatic heterocycles. The number of nitrogens with zero attached hydrogens (tertiary/aromatic N) is 3. The number of pyridine rings is 1. The molecule has 2 aromatic carbocycles. The van der Waals surface area contributed by atoms with Crippen molar-refractivity contribution in [1.29, 1.82) is 0 Å². The van der Waals surface area contributed by atoms with E-state index in [-0.39, 0.29) is 28.0 Å². The van der Waals surface area contributed by atoms with Crippen LogP contribution in [0.2, 0.25) is 5.02 Å². The molecule has 1 aliphatic carbocycles. The predicted octanol–water partition coefficient (Wildman–Crippen LogP) is 11.9. The number of aromatic nitrogens is 1. The van der Waals surface area contributed by atoms with E-state index < -0.39 is 17.6 Å². The van der Waals surface area contributed by atoms with Gasteiger partial charge in [-0.25, -0.2) is 9.37 Å². The SMILES string of the molecule is C=C1N(C)C=C(C(=O)Nc2cccc(-c3c(F)ccc(-c4cc5c(c(OC)n4)CCC5)c3Cl)c2C)C(=O)N1C.CC.CC.CCC(C)CCC(CC)NC(=O)C(C)CC.CCCO. The van der Waals surface area contributed by atoms with Crippen molar-refractivity contribution in [3.8, 4) is 28.3 Å². The molecule has 0 bridgehead atoms. The topological polar surface area (TPSA) is 124 Å². The lowest BCUT2D eigenvalue weighted by molar-refractivity contribution is -0.128. The van der Waals surface area contributed by atoms with Gasteiger partial charge in [-0.05, 0) is 105 Å². The summed E-state index contributed by atoms with van der Waals surface area (Å²) in [7, 11) is 4.85. The first-order valence-electron chi connectivity index (χ1n) is 22.9. The summed E-state index contributed by atoms with van der Waals surface area (Å²) >= 11 is 6.87. The van der Waals surface area contributed by atoms with E-state index in [2.05, 4.69) is 49.9 Å². The van der Waals surface area contributed by atoms with E-state index in [1.165, 1.54) is 30.0 Å². The number of ether oxygens (including phenoxy) is 1. The number of amides is 3. The molecule has 0 spiro atoms. The molecule has 63 heavy (non-hydrogen) atoms. The van der Waals surface area contributed by atoms with Gasteiger partial charge in [-0.3, -0.25) is 19.3 Å². The number of carbonyl (C=O) groups excluding carboxylic acids is 3. The van der Waals surface area contributed by atoms with E-state index in [0.717, 1.165) is 62.0 Å². The summed E-state index contributed by atoms with van der Waals surface area (Å²) < 4.78 is 20.9. The number of hydrogen-bond acceptors (Lipinski definition) is 7. The van der Waals surface area contributed by atoms with Gasteiger partial charge in [0, 0.05) is 61.2 Å². The fraction of sp³-hybridized carbons (Fsp3) is 0.529. The molecule has 2 aliphatic rings. The standard InChI is InChI=1S/C30H28ClFN4O3.C14H29NO.C3H8O.2C2H6/c1-16-19(9-7-11-24(16)33-28(37)22-15-35(3)17(2)36(4)30(22)38)26-23(32)13-12-21(27(26)31)25-14-18-8-6-10-20(18)29(34-25)39-5;1-6-11(4)9-10-13(8-3)15-14(16)12(5)7-2;1-2-3-4;2*1-2/h7,9,11-15H,2,6,8,10H2,1,3-5H3,(H,33,37);11-13H,6-10H2,1-5H3,(H,15,16);4H,2-3H2,1H3;2*1-2H3. The smallest absolute Gasteiger partial charge is 0.266 e. The third-order valence-corrected chi connectivity index (χ3v) is 11.6. The Labute approximate surface area is 383 Å². The molecule has 0 fully saturated rings. The van der Waals surface area contributed by atoms with Gasteiger partial charge in [0.25, 0.3) is 11.8 Å². The van der Waals surface area contributed by atoms with Gasteiger partial charge >= 0.3 is 0 Å².